The van der Waals surface area contributed by atoms with E-state index in [4.69, 9.17) is 21.1 Å². The molecular formula is C13H9ClO3. The highest BCUT2D eigenvalue weighted by atomic mass is 35.5. The second kappa shape index (κ2) is 5.37. The lowest BCUT2D eigenvalue weighted by Gasteiger charge is -2.09. The highest BCUT2D eigenvalue weighted by molar-refractivity contribution is 6.61. The van der Waals surface area contributed by atoms with Crippen LogP contribution in [0.1, 0.15) is 0 Å². The summed E-state index contributed by atoms with van der Waals surface area (Å²) in [6.45, 7) is 0. The van der Waals surface area contributed by atoms with Gasteiger partial charge in [0.15, 0.2) is 11.5 Å². The maximum atomic E-state index is 10.7. The Kier molecular flexibility index (Phi) is 3.62. The van der Waals surface area contributed by atoms with Crippen LogP contribution < -0.4 is 9.47 Å². The average Bonchev–Trinajstić information content (AvgIpc) is 2.32. The molecule has 0 unspecified atom stereocenters. The Morgan fingerprint density at radius 1 is 0.882 bits per heavy atom. The fraction of sp³-hybridized carbons (Fsp3) is 0. The fourth-order valence-electron chi connectivity index (χ4n) is 1.32. The van der Waals surface area contributed by atoms with E-state index < -0.39 is 5.43 Å². The Morgan fingerprint density at radius 2 is 1.47 bits per heavy atom. The molecule has 0 aliphatic rings. The summed E-state index contributed by atoms with van der Waals surface area (Å²) in [7, 11) is 0. The number of carbonyl (C=O) groups excluding carboxylic acids is 1. The first-order valence-electron chi connectivity index (χ1n) is 4.95. The van der Waals surface area contributed by atoms with Gasteiger partial charge in [-0.15, -0.1) is 0 Å². The van der Waals surface area contributed by atoms with E-state index in [1.54, 1.807) is 36.4 Å². The van der Waals surface area contributed by atoms with Crippen LogP contribution in [0.3, 0.4) is 0 Å². The topological polar surface area (TPSA) is 35.5 Å². The summed E-state index contributed by atoms with van der Waals surface area (Å²) in [5.41, 5.74) is -0.894. The number of para-hydroxylation sites is 3. The van der Waals surface area contributed by atoms with E-state index in [2.05, 4.69) is 0 Å². The fourth-order valence-corrected chi connectivity index (χ4v) is 1.40. The molecule has 0 heterocycles. The van der Waals surface area contributed by atoms with Crippen LogP contribution in [0.25, 0.3) is 0 Å². The van der Waals surface area contributed by atoms with E-state index in [-0.39, 0.29) is 5.75 Å². The van der Waals surface area contributed by atoms with Crippen LogP contribution in [0.5, 0.6) is 17.2 Å². The number of ether oxygens (including phenoxy) is 2. The molecule has 0 aliphatic heterocycles. The van der Waals surface area contributed by atoms with Gasteiger partial charge in [0, 0.05) is 11.6 Å². The van der Waals surface area contributed by atoms with Gasteiger partial charge in [-0.3, -0.25) is 0 Å². The van der Waals surface area contributed by atoms with E-state index >= 15 is 0 Å². The largest absolute Gasteiger partial charge is 0.453 e. The molecular weight excluding hydrogens is 240 g/mol. The number of rotatable bonds is 3. The number of hydrogen-bond acceptors (Lipinski definition) is 3. The normalized spacial score (nSPS) is 9.71. The minimum atomic E-state index is -0.894. The van der Waals surface area contributed by atoms with Crippen molar-refractivity contribution in [1.29, 1.82) is 0 Å². The smallest absolute Gasteiger partial charge is 0.409 e. The van der Waals surface area contributed by atoms with E-state index in [1.807, 2.05) is 18.2 Å². The van der Waals surface area contributed by atoms with E-state index in [1.165, 1.54) is 0 Å². The van der Waals surface area contributed by atoms with Crippen molar-refractivity contribution in [3.63, 3.8) is 0 Å². The van der Waals surface area contributed by atoms with Gasteiger partial charge < -0.3 is 9.47 Å². The molecule has 2 rings (SSSR count). The molecule has 2 aromatic rings. The molecule has 86 valence electrons. The van der Waals surface area contributed by atoms with Crippen molar-refractivity contribution in [2.75, 3.05) is 0 Å². The predicted molar refractivity (Wildman–Crippen MR) is 64.8 cm³/mol. The standard InChI is InChI=1S/C13H9ClO3/c14-13(15)17-12-9-5-4-8-11(12)16-10-6-2-1-3-7-10/h1-9H. The van der Waals surface area contributed by atoms with Gasteiger partial charge in [0.25, 0.3) is 0 Å². The van der Waals surface area contributed by atoms with Gasteiger partial charge in [-0.05, 0) is 24.3 Å². The molecule has 2 aromatic carbocycles. The molecule has 0 spiro atoms. The highest BCUT2D eigenvalue weighted by Crippen LogP contribution is 2.31. The Labute approximate surface area is 104 Å². The van der Waals surface area contributed by atoms with Crippen molar-refractivity contribution in [3.05, 3.63) is 54.6 Å². The summed E-state index contributed by atoms with van der Waals surface area (Å²) < 4.78 is 10.4. The van der Waals surface area contributed by atoms with Crippen molar-refractivity contribution in [1.82, 2.24) is 0 Å². The lowest BCUT2D eigenvalue weighted by Crippen LogP contribution is -1.98. The third kappa shape index (κ3) is 3.23. The molecule has 17 heavy (non-hydrogen) atoms. The van der Waals surface area contributed by atoms with Crippen molar-refractivity contribution in [2.45, 2.75) is 0 Å². The minimum absolute atomic E-state index is 0.288. The maximum Gasteiger partial charge on any atom is 0.409 e. The predicted octanol–water partition coefficient (Wildman–Crippen LogP) is 4.22. The van der Waals surface area contributed by atoms with Crippen LogP contribution in [-0.2, 0) is 0 Å². The van der Waals surface area contributed by atoms with Crippen molar-refractivity contribution < 1.29 is 14.3 Å². The van der Waals surface area contributed by atoms with Crippen LogP contribution in [0.4, 0.5) is 4.79 Å². The van der Waals surface area contributed by atoms with Crippen LogP contribution >= 0.6 is 11.6 Å². The Morgan fingerprint density at radius 3 is 2.12 bits per heavy atom. The summed E-state index contributed by atoms with van der Waals surface area (Å²) in [5.74, 6) is 1.38. The SMILES string of the molecule is O=C(Cl)Oc1ccccc1Oc1ccccc1. The molecule has 4 heteroatoms. The lowest BCUT2D eigenvalue weighted by atomic mass is 10.3. The minimum Gasteiger partial charge on any atom is -0.453 e. The molecule has 0 aromatic heterocycles. The molecule has 0 amide bonds. The lowest BCUT2D eigenvalue weighted by molar-refractivity contribution is 0.224. The first-order chi connectivity index (χ1) is 8.25. The zero-order valence-electron chi connectivity index (χ0n) is 8.80. The van der Waals surface area contributed by atoms with Crippen molar-refractivity contribution >= 4 is 17.0 Å². The van der Waals surface area contributed by atoms with Gasteiger partial charge in [0.1, 0.15) is 5.75 Å². The van der Waals surface area contributed by atoms with Gasteiger partial charge in [0.2, 0.25) is 0 Å². The van der Waals surface area contributed by atoms with Gasteiger partial charge in [0.05, 0.1) is 0 Å². The monoisotopic (exact) mass is 248 g/mol. The number of carbonyl (C=O) groups is 1. The van der Waals surface area contributed by atoms with Crippen molar-refractivity contribution in [3.8, 4) is 17.2 Å². The molecule has 0 fully saturated rings. The van der Waals surface area contributed by atoms with E-state index in [0.717, 1.165) is 0 Å². The molecule has 0 aliphatic carbocycles. The summed E-state index contributed by atoms with van der Waals surface area (Å²) >= 11 is 5.17. The molecule has 0 saturated heterocycles. The van der Waals surface area contributed by atoms with E-state index in [0.29, 0.717) is 11.5 Å². The number of benzene rings is 2. The number of halogens is 1. The molecule has 3 nitrogen and oxygen atoms in total. The highest BCUT2D eigenvalue weighted by Gasteiger charge is 2.08. The Balaban J connectivity index is 2.23. The Bertz CT molecular complexity index is 511. The molecule has 0 radical (unpaired) electrons. The Hall–Kier alpha value is -2.00. The van der Waals surface area contributed by atoms with Crippen LogP contribution in [-0.4, -0.2) is 5.43 Å². The van der Waals surface area contributed by atoms with Crippen molar-refractivity contribution in [2.24, 2.45) is 0 Å². The number of hydrogen-bond donors (Lipinski definition) is 0. The maximum absolute atomic E-state index is 10.7. The summed E-state index contributed by atoms with van der Waals surface area (Å²) in [4.78, 5) is 10.7. The van der Waals surface area contributed by atoms with Gasteiger partial charge in [-0.25, -0.2) is 4.79 Å². The van der Waals surface area contributed by atoms with Gasteiger partial charge in [-0.2, -0.15) is 0 Å². The average molecular weight is 249 g/mol. The summed E-state index contributed by atoms with van der Waals surface area (Å²) in [6, 6.07) is 16.0. The third-order valence-electron chi connectivity index (χ3n) is 2.01. The van der Waals surface area contributed by atoms with Crippen LogP contribution in [0.2, 0.25) is 0 Å². The van der Waals surface area contributed by atoms with Gasteiger partial charge >= 0.3 is 5.43 Å². The third-order valence-corrected chi connectivity index (χ3v) is 2.09. The first kappa shape index (κ1) is 11.5. The van der Waals surface area contributed by atoms with Crippen LogP contribution in [0.15, 0.2) is 54.6 Å². The molecule has 0 saturated carbocycles. The van der Waals surface area contributed by atoms with Gasteiger partial charge in [-0.1, -0.05) is 30.3 Å². The first-order valence-corrected chi connectivity index (χ1v) is 5.33. The second-order valence-electron chi connectivity index (χ2n) is 3.20. The van der Waals surface area contributed by atoms with E-state index in [9.17, 15) is 4.79 Å². The molecule has 0 atom stereocenters. The zero-order chi connectivity index (χ0) is 12.1. The molecule has 0 N–H and O–H groups in total. The zero-order valence-corrected chi connectivity index (χ0v) is 9.55. The second-order valence-corrected chi connectivity index (χ2v) is 3.51. The summed E-state index contributed by atoms with van der Waals surface area (Å²) in [5, 5.41) is 0. The summed E-state index contributed by atoms with van der Waals surface area (Å²) in [6.07, 6.45) is 0. The van der Waals surface area contributed by atoms with Crippen LogP contribution in [0, 0.1) is 0 Å². The molecule has 0 bridgehead atoms. The quantitative estimate of drug-likeness (QED) is 0.763.